The van der Waals surface area contributed by atoms with Crippen LogP contribution >= 0.6 is 0 Å². The number of nitrogens with zero attached hydrogens (tertiary/aromatic N) is 2. The van der Waals surface area contributed by atoms with Crippen LogP contribution in [-0.2, 0) is 12.8 Å². The maximum absolute atomic E-state index is 13.7. The standard InChI is InChI=1S/C17H11F5N2O4/c1-8-5-12(27-7-9-10(18)3-2-4-11(9)19)14-23-13(17(20,21)22)15(24(14)6-8)28-16(25)26/h2-6H,7H2,1H3,(H,25,26). The molecule has 0 fully saturated rings. The maximum Gasteiger partial charge on any atom is 0.512 e. The second-order valence-electron chi connectivity index (χ2n) is 5.70. The summed E-state index contributed by atoms with van der Waals surface area (Å²) < 4.78 is 77.5. The van der Waals surface area contributed by atoms with Gasteiger partial charge in [0.15, 0.2) is 11.4 Å². The normalized spacial score (nSPS) is 11.6. The van der Waals surface area contributed by atoms with E-state index in [-0.39, 0.29) is 5.75 Å². The third-order valence-corrected chi connectivity index (χ3v) is 3.67. The molecule has 3 aromatic rings. The minimum atomic E-state index is -5.01. The minimum absolute atomic E-state index is 0.242. The van der Waals surface area contributed by atoms with Crippen LogP contribution in [0.2, 0.25) is 0 Å². The number of pyridine rings is 1. The van der Waals surface area contributed by atoms with Crippen LogP contribution in [0.15, 0.2) is 30.5 Å². The van der Waals surface area contributed by atoms with Crippen molar-refractivity contribution in [2.75, 3.05) is 0 Å². The Balaban J connectivity index is 2.10. The molecule has 0 radical (unpaired) electrons. The third kappa shape index (κ3) is 3.68. The highest BCUT2D eigenvalue weighted by Crippen LogP contribution is 2.38. The molecule has 6 nitrogen and oxygen atoms in total. The molecule has 28 heavy (non-hydrogen) atoms. The van der Waals surface area contributed by atoms with Gasteiger partial charge in [-0.1, -0.05) is 6.07 Å². The number of aromatic nitrogens is 2. The molecule has 0 saturated heterocycles. The monoisotopic (exact) mass is 402 g/mol. The average molecular weight is 402 g/mol. The van der Waals surface area contributed by atoms with Gasteiger partial charge in [0.2, 0.25) is 11.6 Å². The number of fused-ring (bicyclic) bond motifs is 1. The lowest BCUT2D eigenvalue weighted by molar-refractivity contribution is -0.141. The van der Waals surface area contributed by atoms with Crippen molar-refractivity contribution in [2.24, 2.45) is 0 Å². The van der Waals surface area contributed by atoms with Crippen molar-refractivity contribution < 1.29 is 41.3 Å². The van der Waals surface area contributed by atoms with Crippen molar-refractivity contribution >= 4 is 11.8 Å². The number of imidazole rings is 1. The third-order valence-electron chi connectivity index (χ3n) is 3.67. The van der Waals surface area contributed by atoms with E-state index in [9.17, 15) is 26.7 Å². The van der Waals surface area contributed by atoms with Crippen LogP contribution in [0.1, 0.15) is 16.8 Å². The summed E-state index contributed by atoms with van der Waals surface area (Å²) in [5.74, 6) is -3.09. The number of ether oxygens (including phenoxy) is 2. The zero-order valence-electron chi connectivity index (χ0n) is 14.1. The van der Waals surface area contributed by atoms with E-state index in [0.29, 0.717) is 5.56 Å². The molecule has 3 rings (SSSR count). The molecule has 0 bridgehead atoms. The smallest absolute Gasteiger partial charge is 0.485 e. The van der Waals surface area contributed by atoms with Crippen molar-refractivity contribution in [1.29, 1.82) is 0 Å². The number of hydrogen-bond donors (Lipinski definition) is 1. The molecule has 1 N–H and O–H groups in total. The fraction of sp³-hybridized carbons (Fsp3) is 0.176. The first-order chi connectivity index (χ1) is 13.1. The van der Waals surface area contributed by atoms with Crippen LogP contribution in [0.4, 0.5) is 26.7 Å². The van der Waals surface area contributed by atoms with Gasteiger partial charge < -0.3 is 14.6 Å². The topological polar surface area (TPSA) is 73.1 Å². The predicted octanol–water partition coefficient (Wildman–Crippen LogP) is 4.58. The molecule has 0 saturated carbocycles. The van der Waals surface area contributed by atoms with E-state index >= 15 is 0 Å². The Labute approximate surface area is 153 Å². The number of aryl methyl sites for hydroxylation is 1. The van der Waals surface area contributed by atoms with Crippen molar-refractivity contribution in [3.05, 3.63) is 58.9 Å². The number of carboxylic acid groups (broad SMARTS) is 1. The molecule has 0 amide bonds. The molecule has 0 spiro atoms. The lowest BCUT2D eigenvalue weighted by Crippen LogP contribution is -2.12. The molecule has 1 aromatic carbocycles. The van der Waals surface area contributed by atoms with Crippen LogP contribution in [0.5, 0.6) is 11.6 Å². The Kier molecular flexibility index (Phi) is 4.84. The van der Waals surface area contributed by atoms with E-state index in [2.05, 4.69) is 9.72 Å². The van der Waals surface area contributed by atoms with Gasteiger partial charge in [0.1, 0.15) is 18.2 Å². The molecule has 2 heterocycles. The van der Waals surface area contributed by atoms with Gasteiger partial charge in [0, 0.05) is 6.20 Å². The molecule has 148 valence electrons. The second-order valence-corrected chi connectivity index (χ2v) is 5.70. The largest absolute Gasteiger partial charge is 0.512 e. The van der Waals surface area contributed by atoms with E-state index in [1.165, 1.54) is 13.0 Å². The highest BCUT2D eigenvalue weighted by atomic mass is 19.4. The number of carbonyl (C=O) groups is 1. The number of hydrogen-bond acceptors (Lipinski definition) is 4. The predicted molar refractivity (Wildman–Crippen MR) is 84.3 cm³/mol. The molecular formula is C17H11F5N2O4. The van der Waals surface area contributed by atoms with Crippen molar-refractivity contribution in [2.45, 2.75) is 19.7 Å². The summed E-state index contributed by atoms with van der Waals surface area (Å²) in [6.45, 7) is 0.870. The van der Waals surface area contributed by atoms with Gasteiger partial charge in [0.05, 0.1) is 5.56 Å². The van der Waals surface area contributed by atoms with Gasteiger partial charge in [-0.15, -0.1) is 0 Å². The Morgan fingerprint density at radius 1 is 1.25 bits per heavy atom. The van der Waals surface area contributed by atoms with Crippen LogP contribution in [-0.4, -0.2) is 20.6 Å². The van der Waals surface area contributed by atoms with Crippen LogP contribution < -0.4 is 9.47 Å². The lowest BCUT2D eigenvalue weighted by Gasteiger charge is -2.10. The minimum Gasteiger partial charge on any atom is -0.485 e. The quantitative estimate of drug-likeness (QED) is 0.511. The highest BCUT2D eigenvalue weighted by molar-refractivity contribution is 5.65. The molecule has 0 aliphatic heterocycles. The maximum atomic E-state index is 13.7. The van der Waals surface area contributed by atoms with Crippen molar-refractivity contribution in [1.82, 2.24) is 9.38 Å². The molecule has 0 aliphatic rings. The summed E-state index contributed by atoms with van der Waals surface area (Å²) in [7, 11) is 0. The zero-order valence-corrected chi connectivity index (χ0v) is 14.1. The van der Waals surface area contributed by atoms with Crippen molar-refractivity contribution in [3.8, 4) is 11.6 Å². The summed E-state index contributed by atoms with van der Waals surface area (Å²) in [4.78, 5) is 14.2. The van der Waals surface area contributed by atoms with Gasteiger partial charge in [-0.25, -0.2) is 18.6 Å². The molecule has 2 aromatic heterocycles. The number of halogens is 5. The lowest BCUT2D eigenvalue weighted by atomic mass is 10.2. The first kappa shape index (κ1) is 19.4. The Bertz CT molecular complexity index is 1040. The van der Waals surface area contributed by atoms with Crippen LogP contribution in [0.25, 0.3) is 5.65 Å². The highest BCUT2D eigenvalue weighted by Gasteiger charge is 2.40. The van der Waals surface area contributed by atoms with Crippen LogP contribution in [0, 0.1) is 18.6 Å². The van der Waals surface area contributed by atoms with E-state index in [4.69, 9.17) is 9.84 Å². The first-order valence-corrected chi connectivity index (χ1v) is 7.64. The van der Waals surface area contributed by atoms with Crippen molar-refractivity contribution in [3.63, 3.8) is 0 Å². The number of rotatable bonds is 4. The summed E-state index contributed by atoms with van der Waals surface area (Å²) >= 11 is 0. The molecule has 0 atom stereocenters. The number of benzene rings is 1. The number of alkyl halides is 3. The van der Waals surface area contributed by atoms with Gasteiger partial charge in [-0.05, 0) is 30.7 Å². The molecule has 0 aliphatic carbocycles. The summed E-state index contributed by atoms with van der Waals surface area (Å²) in [5, 5.41) is 8.74. The summed E-state index contributed by atoms with van der Waals surface area (Å²) in [5.41, 5.74) is -2.07. The fourth-order valence-corrected chi connectivity index (χ4v) is 2.51. The van der Waals surface area contributed by atoms with Gasteiger partial charge in [-0.3, -0.25) is 4.40 Å². The summed E-state index contributed by atoms with van der Waals surface area (Å²) in [6, 6.07) is 4.46. The molecular weight excluding hydrogens is 391 g/mol. The van der Waals surface area contributed by atoms with E-state index < -0.39 is 53.4 Å². The van der Waals surface area contributed by atoms with Gasteiger partial charge >= 0.3 is 12.3 Å². The van der Waals surface area contributed by atoms with E-state index in [1.54, 1.807) is 0 Å². The second kappa shape index (κ2) is 6.98. The van der Waals surface area contributed by atoms with Gasteiger partial charge in [0.25, 0.3) is 0 Å². The van der Waals surface area contributed by atoms with Gasteiger partial charge in [-0.2, -0.15) is 13.2 Å². The van der Waals surface area contributed by atoms with E-state index in [1.807, 2.05) is 0 Å². The SMILES string of the molecule is Cc1cc(OCc2c(F)cccc2F)c2nc(C(F)(F)F)c(OC(=O)O)n2c1. The Morgan fingerprint density at radius 3 is 2.46 bits per heavy atom. The zero-order chi connectivity index (χ0) is 20.6. The summed E-state index contributed by atoms with van der Waals surface area (Å²) in [6.07, 6.45) is -5.82. The molecule has 11 heteroatoms. The Morgan fingerprint density at radius 2 is 1.89 bits per heavy atom. The average Bonchev–Trinajstić information content (AvgIpc) is 2.92. The first-order valence-electron chi connectivity index (χ1n) is 7.64. The Hall–Kier alpha value is -3.37. The van der Waals surface area contributed by atoms with Crippen LogP contribution in [0.3, 0.4) is 0 Å². The van der Waals surface area contributed by atoms with E-state index in [0.717, 1.165) is 28.8 Å². The molecule has 0 unspecified atom stereocenters. The fourth-order valence-electron chi connectivity index (χ4n) is 2.51.